The zero-order valence-electron chi connectivity index (χ0n) is 14.0. The third-order valence-electron chi connectivity index (χ3n) is 4.11. The molecule has 2 aromatic carbocycles. The Morgan fingerprint density at radius 3 is 2.40 bits per heavy atom. The average molecular weight is 336 g/mol. The van der Waals surface area contributed by atoms with Crippen LogP contribution in [-0.4, -0.2) is 44.6 Å². The van der Waals surface area contributed by atoms with Crippen LogP contribution in [0.3, 0.4) is 0 Å². The highest BCUT2D eigenvalue weighted by molar-refractivity contribution is 5.92. The molecule has 3 aromatic rings. The molecule has 3 rings (SSSR count). The molecule has 1 heterocycles. The minimum absolute atomic E-state index is 0.00606. The molecule has 1 atom stereocenters. The Hall–Kier alpha value is -2.99. The minimum Gasteiger partial charge on any atom is -0.396 e. The lowest BCUT2D eigenvalue weighted by Gasteiger charge is -2.27. The van der Waals surface area contributed by atoms with Crippen LogP contribution in [0.2, 0.25) is 0 Å². The van der Waals surface area contributed by atoms with Gasteiger partial charge < -0.3 is 10.0 Å². The van der Waals surface area contributed by atoms with E-state index in [9.17, 15) is 9.90 Å². The summed E-state index contributed by atoms with van der Waals surface area (Å²) in [5, 5.41) is 17.4. The summed E-state index contributed by atoms with van der Waals surface area (Å²) in [6.45, 7) is -0.00606. The van der Waals surface area contributed by atoms with Crippen LogP contribution in [-0.2, 0) is 0 Å². The van der Waals surface area contributed by atoms with E-state index in [-0.39, 0.29) is 24.2 Å². The highest BCUT2D eigenvalue weighted by Crippen LogP contribution is 2.24. The van der Waals surface area contributed by atoms with Crippen molar-refractivity contribution in [2.45, 2.75) is 12.5 Å². The maximum atomic E-state index is 12.8. The van der Waals surface area contributed by atoms with E-state index in [4.69, 9.17) is 0 Å². The number of nitrogens with zero attached hydrogens (tertiary/aromatic N) is 4. The highest BCUT2D eigenvalue weighted by Gasteiger charge is 2.24. The molecular weight excluding hydrogens is 316 g/mol. The standard InChI is InChI=1S/C19H20N4O2/c1-22(18(12-13-24)15-8-4-2-5-9-15)19(25)17-14-23(21-20-17)16-10-6-3-7-11-16/h2-11,14,18,24H,12-13H2,1H3. The summed E-state index contributed by atoms with van der Waals surface area (Å²) in [7, 11) is 1.72. The Morgan fingerprint density at radius 1 is 1.12 bits per heavy atom. The van der Waals surface area contributed by atoms with Gasteiger partial charge >= 0.3 is 0 Å². The molecule has 0 aliphatic rings. The van der Waals surface area contributed by atoms with E-state index in [2.05, 4.69) is 10.3 Å². The maximum Gasteiger partial charge on any atom is 0.276 e. The second-order valence-corrected chi connectivity index (χ2v) is 5.74. The van der Waals surface area contributed by atoms with Crippen molar-refractivity contribution in [1.29, 1.82) is 0 Å². The van der Waals surface area contributed by atoms with Crippen LogP contribution in [0.5, 0.6) is 0 Å². The second-order valence-electron chi connectivity index (χ2n) is 5.74. The van der Waals surface area contributed by atoms with Crippen molar-refractivity contribution in [2.75, 3.05) is 13.7 Å². The molecule has 1 amide bonds. The van der Waals surface area contributed by atoms with Gasteiger partial charge in [-0.25, -0.2) is 4.68 Å². The second kappa shape index (κ2) is 7.72. The Balaban J connectivity index is 1.83. The summed E-state index contributed by atoms with van der Waals surface area (Å²) >= 11 is 0. The van der Waals surface area contributed by atoms with E-state index in [1.807, 2.05) is 60.7 Å². The molecule has 0 aliphatic heterocycles. The van der Waals surface area contributed by atoms with E-state index in [1.165, 1.54) is 0 Å². The molecule has 1 N–H and O–H groups in total. The van der Waals surface area contributed by atoms with Gasteiger partial charge in [0.2, 0.25) is 0 Å². The lowest BCUT2D eigenvalue weighted by atomic mass is 10.0. The normalized spacial score (nSPS) is 11.9. The van der Waals surface area contributed by atoms with Gasteiger partial charge in [-0.3, -0.25) is 4.79 Å². The predicted octanol–water partition coefficient (Wildman–Crippen LogP) is 2.46. The topological polar surface area (TPSA) is 71.2 Å². The molecule has 1 unspecified atom stereocenters. The summed E-state index contributed by atoms with van der Waals surface area (Å²) in [4.78, 5) is 14.4. The van der Waals surface area contributed by atoms with Gasteiger partial charge in [-0.1, -0.05) is 53.7 Å². The van der Waals surface area contributed by atoms with E-state index in [0.717, 1.165) is 11.3 Å². The van der Waals surface area contributed by atoms with E-state index in [1.54, 1.807) is 22.8 Å². The van der Waals surface area contributed by atoms with Crippen molar-refractivity contribution < 1.29 is 9.90 Å². The lowest BCUT2D eigenvalue weighted by Crippen LogP contribution is -2.32. The molecule has 0 aliphatic carbocycles. The van der Waals surface area contributed by atoms with Crippen molar-refractivity contribution >= 4 is 5.91 Å². The predicted molar refractivity (Wildman–Crippen MR) is 94.3 cm³/mol. The average Bonchev–Trinajstić information content (AvgIpc) is 3.16. The third-order valence-corrected chi connectivity index (χ3v) is 4.11. The number of hydrogen-bond acceptors (Lipinski definition) is 4. The minimum atomic E-state index is -0.232. The van der Waals surface area contributed by atoms with Crippen LogP contribution in [0.1, 0.15) is 28.5 Å². The first-order valence-corrected chi connectivity index (χ1v) is 8.11. The molecule has 0 fully saturated rings. The molecule has 0 saturated carbocycles. The SMILES string of the molecule is CN(C(=O)c1cn(-c2ccccc2)nn1)C(CCO)c1ccccc1. The zero-order valence-corrected chi connectivity index (χ0v) is 14.0. The van der Waals surface area contributed by atoms with Crippen LogP contribution in [0.4, 0.5) is 0 Å². The van der Waals surface area contributed by atoms with Crippen LogP contribution >= 0.6 is 0 Å². The fourth-order valence-electron chi connectivity index (χ4n) is 2.77. The molecule has 1 aromatic heterocycles. The van der Waals surface area contributed by atoms with Crippen molar-refractivity contribution in [3.8, 4) is 5.69 Å². The first-order chi connectivity index (χ1) is 12.2. The number of carbonyl (C=O) groups excluding carboxylic acids is 1. The number of rotatable bonds is 6. The molecule has 6 heteroatoms. The van der Waals surface area contributed by atoms with Crippen LogP contribution in [0.25, 0.3) is 5.69 Å². The van der Waals surface area contributed by atoms with Crippen molar-refractivity contribution in [2.24, 2.45) is 0 Å². The number of amides is 1. The molecule has 0 spiro atoms. The molecule has 25 heavy (non-hydrogen) atoms. The Labute approximate surface area is 146 Å². The Kier molecular flexibility index (Phi) is 5.20. The summed E-state index contributed by atoms with van der Waals surface area (Å²) in [6.07, 6.45) is 2.08. The summed E-state index contributed by atoms with van der Waals surface area (Å²) in [5.41, 5.74) is 2.08. The van der Waals surface area contributed by atoms with E-state index in [0.29, 0.717) is 6.42 Å². The number of aliphatic hydroxyl groups excluding tert-OH is 1. The Bertz CT molecular complexity index is 818. The van der Waals surface area contributed by atoms with Crippen molar-refractivity contribution in [3.05, 3.63) is 78.1 Å². The fraction of sp³-hybridized carbons (Fsp3) is 0.211. The summed E-state index contributed by atoms with van der Waals surface area (Å²) < 4.78 is 1.57. The van der Waals surface area contributed by atoms with Gasteiger partial charge in [0.25, 0.3) is 5.91 Å². The van der Waals surface area contributed by atoms with Crippen molar-refractivity contribution in [1.82, 2.24) is 19.9 Å². The van der Waals surface area contributed by atoms with Gasteiger partial charge in [0.15, 0.2) is 5.69 Å². The Morgan fingerprint density at radius 2 is 1.76 bits per heavy atom. The first kappa shape index (κ1) is 16.9. The maximum absolute atomic E-state index is 12.8. The van der Waals surface area contributed by atoms with Crippen LogP contribution in [0.15, 0.2) is 66.9 Å². The third kappa shape index (κ3) is 3.75. The number of aromatic nitrogens is 3. The largest absolute Gasteiger partial charge is 0.396 e. The lowest BCUT2D eigenvalue weighted by molar-refractivity contribution is 0.0699. The molecule has 0 radical (unpaired) electrons. The smallest absolute Gasteiger partial charge is 0.276 e. The molecule has 128 valence electrons. The molecule has 0 saturated heterocycles. The van der Waals surface area contributed by atoms with E-state index >= 15 is 0 Å². The number of aliphatic hydroxyl groups is 1. The monoisotopic (exact) mass is 336 g/mol. The van der Waals surface area contributed by atoms with Crippen molar-refractivity contribution in [3.63, 3.8) is 0 Å². The summed E-state index contributed by atoms with van der Waals surface area (Å²) in [5.74, 6) is -0.232. The van der Waals surface area contributed by atoms with Gasteiger partial charge in [0.1, 0.15) is 0 Å². The molecule has 0 bridgehead atoms. The molecule has 6 nitrogen and oxygen atoms in total. The quantitative estimate of drug-likeness (QED) is 0.751. The van der Waals surface area contributed by atoms with Gasteiger partial charge in [-0.05, 0) is 24.1 Å². The highest BCUT2D eigenvalue weighted by atomic mass is 16.3. The van der Waals surface area contributed by atoms with Gasteiger partial charge in [-0.2, -0.15) is 0 Å². The zero-order chi connectivity index (χ0) is 17.6. The molecular formula is C19H20N4O2. The van der Waals surface area contributed by atoms with Gasteiger partial charge in [0, 0.05) is 13.7 Å². The number of hydrogen-bond donors (Lipinski definition) is 1. The number of carbonyl (C=O) groups is 1. The van der Waals surface area contributed by atoms with Gasteiger partial charge in [0.05, 0.1) is 17.9 Å². The summed E-state index contributed by atoms with van der Waals surface area (Å²) in [6, 6.07) is 18.9. The number of para-hydroxylation sites is 1. The van der Waals surface area contributed by atoms with Crippen LogP contribution in [0, 0.1) is 0 Å². The first-order valence-electron chi connectivity index (χ1n) is 8.11. The number of benzene rings is 2. The van der Waals surface area contributed by atoms with Crippen LogP contribution < -0.4 is 0 Å². The van der Waals surface area contributed by atoms with E-state index < -0.39 is 0 Å². The fourth-order valence-corrected chi connectivity index (χ4v) is 2.77. The van der Waals surface area contributed by atoms with Gasteiger partial charge in [-0.15, -0.1) is 5.10 Å².